The summed E-state index contributed by atoms with van der Waals surface area (Å²) in [6, 6.07) is 6.76. The van der Waals surface area contributed by atoms with Gasteiger partial charge < -0.3 is 16.4 Å². The van der Waals surface area contributed by atoms with Crippen LogP contribution in [0.15, 0.2) is 23.6 Å². The maximum Gasteiger partial charge on any atom is 0.293 e. The van der Waals surface area contributed by atoms with Gasteiger partial charge in [-0.05, 0) is 37.5 Å². The van der Waals surface area contributed by atoms with Gasteiger partial charge in [-0.2, -0.15) is 0 Å². The number of rotatable bonds is 2. The number of thiophene rings is 1. The van der Waals surface area contributed by atoms with E-state index in [9.17, 15) is 9.59 Å². The van der Waals surface area contributed by atoms with Crippen LogP contribution in [0, 0.1) is 11.8 Å². The molecule has 3 atom stereocenters. The first kappa shape index (κ1) is 15.2. The summed E-state index contributed by atoms with van der Waals surface area (Å²) in [5, 5.41) is 9.43. The highest BCUT2D eigenvalue weighted by Crippen LogP contribution is 2.29. The first-order chi connectivity index (χ1) is 11.6. The first-order valence-corrected chi connectivity index (χ1v) is 8.88. The van der Waals surface area contributed by atoms with Gasteiger partial charge in [0.05, 0.1) is 0 Å². The lowest BCUT2D eigenvalue weighted by Gasteiger charge is -2.21. The van der Waals surface area contributed by atoms with Gasteiger partial charge in [0.2, 0.25) is 0 Å². The van der Waals surface area contributed by atoms with Gasteiger partial charge in [0.15, 0.2) is 0 Å². The highest BCUT2D eigenvalue weighted by Gasteiger charge is 2.39. The summed E-state index contributed by atoms with van der Waals surface area (Å²) >= 11 is 1.53. The van der Waals surface area contributed by atoms with Crippen molar-refractivity contribution in [3.05, 3.63) is 34.7 Å². The van der Waals surface area contributed by atoms with Gasteiger partial charge in [0.1, 0.15) is 0 Å². The van der Waals surface area contributed by atoms with Crippen LogP contribution in [0.1, 0.15) is 35.2 Å². The van der Waals surface area contributed by atoms with E-state index in [0.29, 0.717) is 17.6 Å². The third-order valence-corrected chi connectivity index (χ3v) is 5.74. The van der Waals surface area contributed by atoms with Crippen molar-refractivity contribution in [2.45, 2.75) is 37.4 Å². The van der Waals surface area contributed by atoms with Gasteiger partial charge in [0.25, 0.3) is 11.8 Å². The molecule has 2 aliphatic heterocycles. The van der Waals surface area contributed by atoms with Crippen LogP contribution in [0.3, 0.4) is 0 Å². The van der Waals surface area contributed by atoms with E-state index in [2.05, 4.69) is 22.5 Å². The average Bonchev–Trinajstić information content (AvgIpc) is 3.27. The van der Waals surface area contributed by atoms with E-state index in [1.807, 2.05) is 23.6 Å². The van der Waals surface area contributed by atoms with Gasteiger partial charge >= 0.3 is 0 Å². The third kappa shape index (κ3) is 2.77. The van der Waals surface area contributed by atoms with Gasteiger partial charge in [0, 0.05) is 50.6 Å². The summed E-state index contributed by atoms with van der Waals surface area (Å²) in [5.74, 6) is 4.41. The Morgan fingerprint density at radius 1 is 1.33 bits per heavy atom. The minimum atomic E-state index is -0.660. The molecule has 0 saturated carbocycles. The Bertz CT molecular complexity index is 893. The second-order valence-corrected chi connectivity index (χ2v) is 7.25. The molecule has 4 rings (SSSR count). The van der Waals surface area contributed by atoms with E-state index in [-0.39, 0.29) is 11.9 Å². The fraction of sp³-hybridized carbons (Fsp3) is 0.333. The van der Waals surface area contributed by atoms with Crippen molar-refractivity contribution in [3.8, 4) is 11.8 Å². The van der Waals surface area contributed by atoms with Crippen LogP contribution in [0.4, 0.5) is 0 Å². The predicted octanol–water partition coefficient (Wildman–Crippen LogP) is 1.36. The van der Waals surface area contributed by atoms with Crippen molar-refractivity contribution in [3.63, 3.8) is 0 Å². The fourth-order valence-electron chi connectivity index (χ4n) is 3.63. The Morgan fingerprint density at radius 2 is 2.21 bits per heavy atom. The summed E-state index contributed by atoms with van der Waals surface area (Å²) in [6.07, 6.45) is 3.35. The molecule has 0 aliphatic carbocycles. The molecule has 0 spiro atoms. The van der Waals surface area contributed by atoms with Crippen LogP contribution in [0.5, 0.6) is 0 Å². The molecule has 1 aromatic heterocycles. The maximum absolute atomic E-state index is 12.6. The Hall–Kier alpha value is -2.36. The number of amides is 2. The van der Waals surface area contributed by atoms with Crippen molar-refractivity contribution in [1.82, 2.24) is 10.6 Å². The third-order valence-electron chi connectivity index (χ3n) is 4.77. The number of carbonyl (C=O) groups excluding carboxylic acids is 2. The van der Waals surface area contributed by atoms with E-state index >= 15 is 0 Å². The number of primary amides is 1. The second-order valence-electron chi connectivity index (χ2n) is 6.34. The number of fused-ring (bicyclic) bond motifs is 3. The Labute approximate surface area is 143 Å². The molecule has 24 heavy (non-hydrogen) atoms. The van der Waals surface area contributed by atoms with Crippen molar-refractivity contribution in [2.24, 2.45) is 5.73 Å². The number of hydrogen-bond acceptors (Lipinski definition) is 4. The van der Waals surface area contributed by atoms with Crippen LogP contribution in [0.25, 0.3) is 10.1 Å². The molecule has 2 aliphatic rings. The molecule has 3 heterocycles. The Kier molecular flexibility index (Phi) is 3.75. The van der Waals surface area contributed by atoms with Gasteiger partial charge in [-0.1, -0.05) is 5.92 Å². The minimum absolute atomic E-state index is 0.0590. The van der Waals surface area contributed by atoms with Crippen molar-refractivity contribution in [2.75, 3.05) is 0 Å². The van der Waals surface area contributed by atoms with Crippen LogP contribution >= 0.6 is 11.3 Å². The molecule has 6 heteroatoms. The molecule has 0 unspecified atom stereocenters. The molecule has 2 saturated heterocycles. The van der Waals surface area contributed by atoms with Crippen molar-refractivity contribution in [1.29, 1.82) is 0 Å². The van der Waals surface area contributed by atoms with Crippen LogP contribution in [0.2, 0.25) is 0 Å². The van der Waals surface area contributed by atoms with E-state index in [1.165, 1.54) is 17.8 Å². The average molecular weight is 339 g/mol. The number of nitrogens with one attached hydrogen (secondary N) is 2. The number of nitrogens with two attached hydrogens (primary N) is 1. The number of hydrogen-bond donors (Lipinski definition) is 3. The van der Waals surface area contributed by atoms with E-state index < -0.39 is 5.91 Å². The van der Waals surface area contributed by atoms with Crippen LogP contribution in [-0.2, 0) is 4.79 Å². The molecule has 2 fully saturated rings. The molecule has 4 N–H and O–H groups in total. The zero-order valence-electron chi connectivity index (χ0n) is 13.0. The quantitative estimate of drug-likeness (QED) is 0.723. The van der Waals surface area contributed by atoms with Crippen molar-refractivity contribution < 1.29 is 9.59 Å². The van der Waals surface area contributed by atoms with E-state index in [0.717, 1.165) is 28.5 Å². The molecule has 2 bridgehead atoms. The SMILES string of the molecule is NC(=O)C#Cc1csc2ccc(C(=O)N[C@@H]3C[C@H]4CC[C@@H]3N4)cc12. The van der Waals surface area contributed by atoms with Crippen LogP contribution < -0.4 is 16.4 Å². The highest BCUT2D eigenvalue weighted by atomic mass is 32.1. The molecule has 122 valence electrons. The molecule has 5 nitrogen and oxygen atoms in total. The normalized spacial score (nSPS) is 24.6. The number of carbonyl (C=O) groups is 2. The Balaban J connectivity index is 1.58. The summed E-state index contributed by atoms with van der Waals surface area (Å²) in [6.45, 7) is 0. The fourth-order valence-corrected chi connectivity index (χ4v) is 4.50. The first-order valence-electron chi connectivity index (χ1n) is 8.00. The molecule has 2 amide bonds. The highest BCUT2D eigenvalue weighted by molar-refractivity contribution is 7.17. The monoisotopic (exact) mass is 339 g/mol. The van der Waals surface area contributed by atoms with E-state index in [1.54, 1.807) is 0 Å². The van der Waals surface area contributed by atoms with Crippen LogP contribution in [-0.4, -0.2) is 29.9 Å². The minimum Gasteiger partial charge on any atom is -0.359 e. The second kappa shape index (κ2) is 5.93. The summed E-state index contributed by atoms with van der Waals surface area (Å²) in [5.41, 5.74) is 6.42. The lowest BCUT2D eigenvalue weighted by Crippen LogP contribution is -2.42. The maximum atomic E-state index is 12.6. The standard InChI is InChI=1S/C18H17N3O2S/c19-17(22)6-2-11-9-24-16-5-1-10(7-13(11)16)18(23)21-15-8-12-3-4-14(15)20-12/h1,5,7,9,12,14-15,20H,3-4,8H2,(H2,19,22)(H,21,23)/t12-,14+,15-/m1/s1. The van der Waals surface area contributed by atoms with Crippen molar-refractivity contribution >= 4 is 33.2 Å². The molecule has 2 aromatic rings. The van der Waals surface area contributed by atoms with Gasteiger partial charge in [-0.3, -0.25) is 9.59 Å². The molecule has 1 aromatic carbocycles. The lowest BCUT2D eigenvalue weighted by molar-refractivity contribution is -0.112. The Morgan fingerprint density at radius 3 is 2.92 bits per heavy atom. The zero-order chi connectivity index (χ0) is 16.7. The largest absolute Gasteiger partial charge is 0.359 e. The molecular weight excluding hydrogens is 322 g/mol. The smallest absolute Gasteiger partial charge is 0.293 e. The molecular formula is C18H17N3O2S. The predicted molar refractivity (Wildman–Crippen MR) is 93.7 cm³/mol. The lowest BCUT2D eigenvalue weighted by atomic mass is 9.95. The summed E-state index contributed by atoms with van der Waals surface area (Å²) in [4.78, 5) is 23.4. The van der Waals surface area contributed by atoms with Gasteiger partial charge in [-0.25, -0.2) is 0 Å². The molecule has 0 radical (unpaired) electrons. The number of benzene rings is 1. The van der Waals surface area contributed by atoms with E-state index in [4.69, 9.17) is 5.73 Å². The summed E-state index contributed by atoms with van der Waals surface area (Å²) < 4.78 is 1.03. The topological polar surface area (TPSA) is 84.2 Å². The zero-order valence-corrected chi connectivity index (χ0v) is 13.8. The van der Waals surface area contributed by atoms with Gasteiger partial charge in [-0.15, -0.1) is 11.3 Å². The summed E-state index contributed by atoms with van der Waals surface area (Å²) in [7, 11) is 0.